The Morgan fingerprint density at radius 1 is 1.64 bits per heavy atom. The Morgan fingerprint density at radius 3 is 2.73 bits per heavy atom. The van der Waals surface area contributed by atoms with Gasteiger partial charge in [-0.2, -0.15) is 0 Å². The third-order valence-electron chi connectivity index (χ3n) is 1.73. The zero-order valence-electron chi connectivity index (χ0n) is 7.04. The fourth-order valence-corrected chi connectivity index (χ4v) is 0.936. The largest absolute Gasteiger partial charge is 0.365 e. The first-order chi connectivity index (χ1) is 5.24. The van der Waals surface area contributed by atoms with E-state index in [1.807, 2.05) is 19.9 Å². The molecule has 1 heterocycles. The number of ketones is 1. The van der Waals surface area contributed by atoms with Crippen LogP contribution in [0.3, 0.4) is 0 Å². The van der Waals surface area contributed by atoms with Gasteiger partial charge in [0.25, 0.3) is 0 Å². The molecule has 0 radical (unpaired) electrons. The monoisotopic (exact) mass is 154 g/mol. The lowest BCUT2D eigenvalue weighted by Crippen LogP contribution is -1.92. The Morgan fingerprint density at radius 2 is 2.27 bits per heavy atom. The summed E-state index contributed by atoms with van der Waals surface area (Å²) in [5.74, 6) is 0.204. The van der Waals surface area contributed by atoms with Crippen LogP contribution in [0, 0.1) is 0 Å². The fraction of sp³-hybridized carbons (Fsp3) is 0.667. The van der Waals surface area contributed by atoms with Crippen molar-refractivity contribution in [3.8, 4) is 0 Å². The molecule has 2 atom stereocenters. The summed E-state index contributed by atoms with van der Waals surface area (Å²) in [6, 6.07) is 0. The second-order valence-corrected chi connectivity index (χ2v) is 2.88. The molecule has 1 aliphatic heterocycles. The molecule has 62 valence electrons. The van der Waals surface area contributed by atoms with Gasteiger partial charge in [-0.25, -0.2) is 0 Å². The van der Waals surface area contributed by atoms with Crippen LogP contribution >= 0.6 is 0 Å². The van der Waals surface area contributed by atoms with Gasteiger partial charge in [0.05, 0.1) is 6.10 Å². The van der Waals surface area contributed by atoms with Crippen molar-refractivity contribution in [1.29, 1.82) is 0 Å². The Balaban J connectivity index is 2.18. The summed E-state index contributed by atoms with van der Waals surface area (Å²) in [5, 5.41) is 0. The van der Waals surface area contributed by atoms with Gasteiger partial charge < -0.3 is 4.74 Å². The molecule has 0 N–H and O–H groups in total. The van der Waals surface area contributed by atoms with Crippen molar-refractivity contribution in [2.75, 3.05) is 0 Å². The first kappa shape index (κ1) is 8.47. The van der Waals surface area contributed by atoms with Gasteiger partial charge in [-0.1, -0.05) is 6.92 Å². The summed E-state index contributed by atoms with van der Waals surface area (Å²) < 4.78 is 5.11. The first-order valence-electron chi connectivity index (χ1n) is 4.10. The maximum absolute atomic E-state index is 10.9. The van der Waals surface area contributed by atoms with E-state index in [2.05, 4.69) is 0 Å². The van der Waals surface area contributed by atoms with E-state index >= 15 is 0 Å². The Bertz CT molecular complexity index is 172. The van der Waals surface area contributed by atoms with Gasteiger partial charge in [-0.3, -0.25) is 4.79 Å². The molecule has 2 heteroatoms. The molecule has 0 unspecified atom stereocenters. The maximum atomic E-state index is 10.9. The molecule has 1 aliphatic rings. The molecule has 0 aromatic carbocycles. The van der Waals surface area contributed by atoms with Crippen LogP contribution in [0.25, 0.3) is 0 Å². The highest BCUT2D eigenvalue weighted by atomic mass is 16.6. The summed E-state index contributed by atoms with van der Waals surface area (Å²) in [6.07, 6.45) is 5.58. The molecule has 0 amide bonds. The number of rotatable bonds is 4. The number of ether oxygens (including phenoxy) is 1. The zero-order chi connectivity index (χ0) is 8.27. The van der Waals surface area contributed by atoms with Crippen LogP contribution in [0.1, 0.15) is 26.7 Å². The van der Waals surface area contributed by atoms with Gasteiger partial charge in [0.2, 0.25) is 0 Å². The van der Waals surface area contributed by atoms with Crippen molar-refractivity contribution in [2.24, 2.45) is 0 Å². The average molecular weight is 154 g/mol. The minimum absolute atomic E-state index is 0.204. The second kappa shape index (κ2) is 3.67. The van der Waals surface area contributed by atoms with Gasteiger partial charge in [-0.05, 0) is 25.5 Å². The van der Waals surface area contributed by atoms with Crippen molar-refractivity contribution in [1.82, 2.24) is 0 Å². The predicted molar refractivity (Wildman–Crippen MR) is 43.4 cm³/mol. The maximum Gasteiger partial charge on any atom is 0.155 e. The molecular weight excluding hydrogens is 140 g/mol. The second-order valence-electron chi connectivity index (χ2n) is 2.88. The minimum atomic E-state index is 0.204. The van der Waals surface area contributed by atoms with Crippen LogP contribution in [0.5, 0.6) is 0 Å². The first-order valence-corrected chi connectivity index (χ1v) is 4.10. The summed E-state index contributed by atoms with van der Waals surface area (Å²) in [7, 11) is 0. The summed E-state index contributed by atoms with van der Waals surface area (Å²) in [4.78, 5) is 10.9. The highest BCUT2D eigenvalue weighted by molar-refractivity contribution is 5.89. The number of hydrogen-bond acceptors (Lipinski definition) is 2. The molecular formula is C9H14O2. The van der Waals surface area contributed by atoms with Crippen molar-refractivity contribution >= 4 is 5.78 Å². The van der Waals surface area contributed by atoms with E-state index in [1.54, 1.807) is 6.08 Å². The summed E-state index contributed by atoms with van der Waals surface area (Å²) in [6.45, 7) is 4.00. The van der Waals surface area contributed by atoms with Gasteiger partial charge >= 0.3 is 0 Å². The lowest BCUT2D eigenvalue weighted by molar-refractivity contribution is -0.114. The van der Waals surface area contributed by atoms with Crippen molar-refractivity contribution in [3.05, 3.63) is 12.2 Å². The number of carbonyl (C=O) groups excluding carboxylic acids is 1. The van der Waals surface area contributed by atoms with Crippen LogP contribution in [-0.2, 0) is 9.53 Å². The smallest absolute Gasteiger partial charge is 0.155 e. The SMILES string of the molecule is CCCC(=O)/C=C/[C@@H]1O[C@H]1C. The molecule has 11 heavy (non-hydrogen) atoms. The third kappa shape index (κ3) is 2.85. The molecule has 1 rings (SSSR count). The van der Waals surface area contributed by atoms with Crippen LogP contribution < -0.4 is 0 Å². The molecule has 1 fully saturated rings. The predicted octanol–water partition coefficient (Wildman–Crippen LogP) is 1.70. The quantitative estimate of drug-likeness (QED) is 0.455. The van der Waals surface area contributed by atoms with E-state index < -0.39 is 0 Å². The number of allylic oxidation sites excluding steroid dienone is 1. The van der Waals surface area contributed by atoms with Crippen LogP contribution in [0.15, 0.2) is 12.2 Å². The number of hydrogen-bond donors (Lipinski definition) is 0. The molecule has 0 aliphatic carbocycles. The summed E-state index contributed by atoms with van der Waals surface area (Å²) >= 11 is 0. The van der Waals surface area contributed by atoms with Crippen LogP contribution in [0.4, 0.5) is 0 Å². The van der Waals surface area contributed by atoms with E-state index in [-0.39, 0.29) is 11.9 Å². The van der Waals surface area contributed by atoms with E-state index in [4.69, 9.17) is 4.74 Å². The Kier molecular flexibility index (Phi) is 2.83. The molecule has 0 aromatic heterocycles. The van der Waals surface area contributed by atoms with E-state index in [0.717, 1.165) is 6.42 Å². The standard InChI is InChI=1S/C9H14O2/c1-3-4-8(10)5-6-9-7(2)11-9/h5-7,9H,3-4H2,1-2H3/b6-5+/t7-,9-/m0/s1. The van der Waals surface area contributed by atoms with Crippen molar-refractivity contribution in [2.45, 2.75) is 38.9 Å². The van der Waals surface area contributed by atoms with Gasteiger partial charge in [0, 0.05) is 6.42 Å². The third-order valence-corrected chi connectivity index (χ3v) is 1.73. The molecule has 0 aromatic rings. The summed E-state index contributed by atoms with van der Waals surface area (Å²) in [5.41, 5.74) is 0. The normalized spacial score (nSPS) is 29.3. The molecule has 0 saturated carbocycles. The molecule has 1 saturated heterocycles. The van der Waals surface area contributed by atoms with Gasteiger partial charge in [-0.15, -0.1) is 0 Å². The molecule has 0 spiro atoms. The van der Waals surface area contributed by atoms with Gasteiger partial charge in [0.15, 0.2) is 5.78 Å². The highest BCUT2D eigenvalue weighted by Gasteiger charge is 2.31. The Hall–Kier alpha value is -0.630. The molecule has 2 nitrogen and oxygen atoms in total. The van der Waals surface area contributed by atoms with Crippen LogP contribution in [0.2, 0.25) is 0 Å². The van der Waals surface area contributed by atoms with Gasteiger partial charge in [0.1, 0.15) is 6.10 Å². The molecule has 0 bridgehead atoms. The van der Waals surface area contributed by atoms with E-state index in [9.17, 15) is 4.79 Å². The zero-order valence-corrected chi connectivity index (χ0v) is 7.04. The van der Waals surface area contributed by atoms with Crippen molar-refractivity contribution < 1.29 is 9.53 Å². The lowest BCUT2D eigenvalue weighted by atomic mass is 10.2. The van der Waals surface area contributed by atoms with E-state index in [1.165, 1.54) is 0 Å². The number of epoxide rings is 1. The number of carbonyl (C=O) groups is 1. The van der Waals surface area contributed by atoms with E-state index in [0.29, 0.717) is 12.5 Å². The topological polar surface area (TPSA) is 29.6 Å². The minimum Gasteiger partial charge on any atom is -0.365 e. The fourth-order valence-electron chi connectivity index (χ4n) is 0.936. The lowest BCUT2D eigenvalue weighted by Gasteiger charge is -1.86. The highest BCUT2D eigenvalue weighted by Crippen LogP contribution is 2.21. The van der Waals surface area contributed by atoms with Crippen LogP contribution in [-0.4, -0.2) is 18.0 Å². The van der Waals surface area contributed by atoms with Crippen molar-refractivity contribution in [3.63, 3.8) is 0 Å². The average Bonchev–Trinajstić information content (AvgIpc) is 2.63. The Labute approximate surface area is 67.2 Å².